The van der Waals surface area contributed by atoms with Crippen molar-refractivity contribution in [2.24, 2.45) is 0 Å². The Bertz CT molecular complexity index is 814. The summed E-state index contributed by atoms with van der Waals surface area (Å²) in [5.74, 6) is -0.216. The molecule has 0 radical (unpaired) electrons. The fraction of sp³-hybridized carbons (Fsp3) is 0.250. The van der Waals surface area contributed by atoms with E-state index in [-0.39, 0.29) is 23.9 Å². The Balaban J connectivity index is 1.67. The van der Waals surface area contributed by atoms with Gasteiger partial charge in [0.1, 0.15) is 5.69 Å². The molecule has 0 bridgehead atoms. The van der Waals surface area contributed by atoms with Gasteiger partial charge in [-0.25, -0.2) is 13.4 Å². The molecule has 8 heteroatoms. The lowest BCUT2D eigenvalue weighted by Crippen LogP contribution is -2.50. The molecule has 1 amide bonds. The van der Waals surface area contributed by atoms with Crippen molar-refractivity contribution in [1.29, 1.82) is 0 Å². The maximum atomic E-state index is 12.6. The predicted molar refractivity (Wildman–Crippen MR) is 89.8 cm³/mol. The fourth-order valence-electron chi connectivity index (χ4n) is 2.57. The number of pyridine rings is 1. The quantitative estimate of drug-likeness (QED) is 0.887. The minimum absolute atomic E-state index is 0.216. The lowest BCUT2D eigenvalue weighted by Gasteiger charge is -2.33. The summed E-state index contributed by atoms with van der Waals surface area (Å²) in [5.41, 5.74) is 6.37. The molecule has 0 saturated carbocycles. The van der Waals surface area contributed by atoms with Crippen LogP contribution in [-0.2, 0) is 10.0 Å². The van der Waals surface area contributed by atoms with Crippen LogP contribution in [0.25, 0.3) is 0 Å². The van der Waals surface area contributed by atoms with Gasteiger partial charge in [0.2, 0.25) is 10.0 Å². The zero-order valence-electron chi connectivity index (χ0n) is 13.0. The van der Waals surface area contributed by atoms with E-state index < -0.39 is 10.0 Å². The maximum absolute atomic E-state index is 12.6. The number of nitrogens with two attached hydrogens (primary N) is 1. The van der Waals surface area contributed by atoms with Crippen molar-refractivity contribution in [3.8, 4) is 0 Å². The zero-order valence-corrected chi connectivity index (χ0v) is 13.8. The number of hydrogen-bond acceptors (Lipinski definition) is 5. The van der Waals surface area contributed by atoms with Crippen LogP contribution >= 0.6 is 0 Å². The Kier molecular flexibility index (Phi) is 4.50. The highest BCUT2D eigenvalue weighted by Crippen LogP contribution is 2.18. The van der Waals surface area contributed by atoms with E-state index in [0.717, 1.165) is 0 Å². The normalized spacial score (nSPS) is 16.1. The molecule has 0 atom stereocenters. The second-order valence-corrected chi connectivity index (χ2v) is 7.42. The largest absolute Gasteiger partial charge is 0.397 e. The van der Waals surface area contributed by atoms with Gasteiger partial charge in [-0.05, 0) is 24.3 Å². The van der Waals surface area contributed by atoms with Gasteiger partial charge >= 0.3 is 0 Å². The van der Waals surface area contributed by atoms with Gasteiger partial charge in [0.25, 0.3) is 5.91 Å². The summed E-state index contributed by atoms with van der Waals surface area (Å²) in [6.07, 6.45) is 1.43. The Morgan fingerprint density at radius 1 is 1.00 bits per heavy atom. The molecular weight excluding hydrogens is 328 g/mol. The summed E-state index contributed by atoms with van der Waals surface area (Å²) in [5, 5.41) is 0. The van der Waals surface area contributed by atoms with Gasteiger partial charge in [-0.3, -0.25) is 4.79 Å². The van der Waals surface area contributed by atoms with Gasteiger partial charge in [-0.1, -0.05) is 18.2 Å². The molecule has 0 aliphatic carbocycles. The van der Waals surface area contributed by atoms with Crippen LogP contribution in [0.4, 0.5) is 5.69 Å². The third-order valence-corrected chi connectivity index (χ3v) is 5.83. The number of piperazine rings is 1. The first-order chi connectivity index (χ1) is 11.5. The summed E-state index contributed by atoms with van der Waals surface area (Å²) in [7, 11) is -3.52. The molecule has 0 spiro atoms. The van der Waals surface area contributed by atoms with Crippen LogP contribution in [0.1, 0.15) is 10.5 Å². The van der Waals surface area contributed by atoms with Crippen LogP contribution in [0.3, 0.4) is 0 Å². The minimum atomic E-state index is -3.52. The van der Waals surface area contributed by atoms with Gasteiger partial charge in [0.15, 0.2) is 0 Å². The third-order valence-electron chi connectivity index (χ3n) is 3.91. The number of carbonyl (C=O) groups is 1. The highest BCUT2D eigenvalue weighted by Gasteiger charge is 2.30. The molecular formula is C16H18N4O3S. The van der Waals surface area contributed by atoms with E-state index in [2.05, 4.69) is 4.98 Å². The lowest BCUT2D eigenvalue weighted by molar-refractivity contribution is 0.0692. The number of nitrogens with zero attached hydrogens (tertiary/aromatic N) is 3. The summed E-state index contributed by atoms with van der Waals surface area (Å²) in [6.45, 7) is 1.18. The van der Waals surface area contributed by atoms with E-state index in [9.17, 15) is 13.2 Å². The van der Waals surface area contributed by atoms with Crippen LogP contribution in [0.2, 0.25) is 0 Å². The second kappa shape index (κ2) is 6.58. The molecule has 1 aromatic carbocycles. The molecule has 3 rings (SSSR count). The lowest BCUT2D eigenvalue weighted by atomic mass is 10.2. The average molecular weight is 346 g/mol. The fourth-order valence-corrected chi connectivity index (χ4v) is 4.01. The van der Waals surface area contributed by atoms with Gasteiger partial charge in [-0.15, -0.1) is 0 Å². The summed E-state index contributed by atoms with van der Waals surface area (Å²) >= 11 is 0. The van der Waals surface area contributed by atoms with Crippen LogP contribution in [0.5, 0.6) is 0 Å². The first-order valence-corrected chi connectivity index (χ1v) is 8.98. The van der Waals surface area contributed by atoms with Gasteiger partial charge < -0.3 is 10.6 Å². The molecule has 1 aromatic heterocycles. The van der Waals surface area contributed by atoms with Crippen molar-refractivity contribution >= 4 is 21.6 Å². The van der Waals surface area contributed by atoms with E-state index in [1.165, 1.54) is 10.5 Å². The number of anilines is 1. The number of sulfonamides is 1. The maximum Gasteiger partial charge on any atom is 0.272 e. The standard InChI is InChI=1S/C16H18N4O3S/c17-13-6-7-15(18-12-13)16(21)19-8-10-20(11-9-19)24(22,23)14-4-2-1-3-5-14/h1-7,12H,8-11,17H2. The highest BCUT2D eigenvalue weighted by molar-refractivity contribution is 7.89. The average Bonchev–Trinajstić information content (AvgIpc) is 2.62. The van der Waals surface area contributed by atoms with E-state index >= 15 is 0 Å². The zero-order chi connectivity index (χ0) is 17.2. The van der Waals surface area contributed by atoms with Crippen molar-refractivity contribution in [3.63, 3.8) is 0 Å². The Labute approximate surface area is 140 Å². The Morgan fingerprint density at radius 3 is 2.25 bits per heavy atom. The smallest absolute Gasteiger partial charge is 0.272 e. The highest BCUT2D eigenvalue weighted by atomic mass is 32.2. The monoisotopic (exact) mass is 346 g/mol. The molecule has 1 fully saturated rings. The number of hydrogen-bond donors (Lipinski definition) is 1. The summed E-state index contributed by atoms with van der Waals surface area (Å²) in [4.78, 5) is 18.3. The third kappa shape index (κ3) is 3.24. The van der Waals surface area contributed by atoms with E-state index in [1.807, 2.05) is 0 Å². The van der Waals surface area contributed by atoms with Crippen LogP contribution < -0.4 is 5.73 Å². The number of benzene rings is 1. The molecule has 1 saturated heterocycles. The first-order valence-electron chi connectivity index (χ1n) is 7.54. The van der Waals surface area contributed by atoms with Crippen molar-refractivity contribution in [1.82, 2.24) is 14.2 Å². The first kappa shape index (κ1) is 16.4. The second-order valence-electron chi connectivity index (χ2n) is 5.49. The van der Waals surface area contributed by atoms with Crippen LogP contribution in [0.15, 0.2) is 53.6 Å². The molecule has 2 aromatic rings. The molecule has 1 aliphatic heterocycles. The van der Waals surface area contributed by atoms with Crippen molar-refractivity contribution < 1.29 is 13.2 Å². The minimum Gasteiger partial charge on any atom is -0.397 e. The van der Waals surface area contributed by atoms with E-state index in [1.54, 1.807) is 47.4 Å². The molecule has 7 nitrogen and oxygen atoms in total. The SMILES string of the molecule is Nc1ccc(C(=O)N2CCN(S(=O)(=O)c3ccccc3)CC2)nc1. The number of carbonyl (C=O) groups excluding carboxylic acids is 1. The topological polar surface area (TPSA) is 96.6 Å². The van der Waals surface area contributed by atoms with Gasteiger partial charge in [-0.2, -0.15) is 4.31 Å². The van der Waals surface area contributed by atoms with Crippen LogP contribution in [0, 0.1) is 0 Å². The summed E-state index contributed by atoms with van der Waals surface area (Å²) < 4.78 is 26.5. The number of amides is 1. The van der Waals surface area contributed by atoms with Crippen molar-refractivity contribution in [2.45, 2.75) is 4.90 Å². The Hall–Kier alpha value is -2.45. The molecule has 0 unspecified atom stereocenters. The molecule has 2 heterocycles. The molecule has 126 valence electrons. The Morgan fingerprint density at radius 2 is 1.67 bits per heavy atom. The summed E-state index contributed by atoms with van der Waals surface area (Å²) in [6, 6.07) is 11.5. The molecule has 2 N–H and O–H groups in total. The van der Waals surface area contributed by atoms with E-state index in [0.29, 0.717) is 24.5 Å². The van der Waals surface area contributed by atoms with E-state index in [4.69, 9.17) is 5.73 Å². The van der Waals surface area contributed by atoms with Gasteiger partial charge in [0.05, 0.1) is 16.8 Å². The van der Waals surface area contributed by atoms with Gasteiger partial charge in [0, 0.05) is 26.2 Å². The van der Waals surface area contributed by atoms with Crippen molar-refractivity contribution in [2.75, 3.05) is 31.9 Å². The van der Waals surface area contributed by atoms with Crippen LogP contribution in [-0.4, -0.2) is 54.7 Å². The number of nitrogen functional groups attached to an aromatic ring is 1. The molecule has 1 aliphatic rings. The van der Waals surface area contributed by atoms with Crippen molar-refractivity contribution in [3.05, 3.63) is 54.4 Å². The predicted octanol–water partition coefficient (Wildman–Crippen LogP) is 0.810. The molecule has 24 heavy (non-hydrogen) atoms. The number of aromatic nitrogens is 1. The number of rotatable bonds is 3.